The fourth-order valence-electron chi connectivity index (χ4n) is 3.35. The highest BCUT2D eigenvalue weighted by Crippen LogP contribution is 2.38. The molecule has 1 aliphatic heterocycles. The first-order valence-corrected chi connectivity index (χ1v) is 9.88. The monoisotopic (exact) mass is 401 g/mol. The third kappa shape index (κ3) is 3.49. The van der Waals surface area contributed by atoms with Crippen LogP contribution in [-0.4, -0.2) is 20.6 Å². The molecule has 0 spiro atoms. The second kappa shape index (κ2) is 8.27. The van der Waals surface area contributed by atoms with E-state index in [9.17, 15) is 4.39 Å². The van der Waals surface area contributed by atoms with Crippen LogP contribution in [0.15, 0.2) is 46.1 Å². The summed E-state index contributed by atoms with van der Waals surface area (Å²) in [6, 6.07) is 6.32. The van der Waals surface area contributed by atoms with Gasteiger partial charge in [-0.15, -0.1) is 10.2 Å². The second-order valence-electron chi connectivity index (χ2n) is 6.75. The largest absolute Gasteiger partial charge is 0.314 e. The van der Waals surface area contributed by atoms with Crippen molar-refractivity contribution >= 4 is 28.8 Å². The van der Waals surface area contributed by atoms with Gasteiger partial charge in [-0.05, 0) is 63.5 Å². The van der Waals surface area contributed by atoms with Crippen LogP contribution in [0.1, 0.15) is 58.2 Å². The van der Waals surface area contributed by atoms with Gasteiger partial charge in [-0.25, -0.2) is 9.38 Å². The third-order valence-corrected chi connectivity index (χ3v) is 5.42. The number of benzene rings is 1. The van der Waals surface area contributed by atoms with Gasteiger partial charge in [0.1, 0.15) is 16.8 Å². The van der Waals surface area contributed by atoms with Crippen molar-refractivity contribution in [3.8, 4) is 0 Å². The molecule has 0 saturated heterocycles. The van der Waals surface area contributed by atoms with Crippen molar-refractivity contribution in [3.05, 3.63) is 58.5 Å². The van der Waals surface area contributed by atoms with Crippen molar-refractivity contribution in [2.75, 3.05) is 4.90 Å². The number of hydrogen-bond acceptors (Lipinski definition) is 3. The summed E-state index contributed by atoms with van der Waals surface area (Å²) >= 11 is 6.53. The summed E-state index contributed by atoms with van der Waals surface area (Å²) in [5.41, 5.74) is 2.69. The Kier molecular flexibility index (Phi) is 5.98. The minimum atomic E-state index is -0.280. The fourth-order valence-corrected chi connectivity index (χ4v) is 3.57. The number of aliphatic imine (C=N–C) groups is 1. The van der Waals surface area contributed by atoms with Crippen molar-refractivity contribution in [3.63, 3.8) is 0 Å². The van der Waals surface area contributed by atoms with Crippen LogP contribution >= 0.6 is 11.6 Å². The summed E-state index contributed by atoms with van der Waals surface area (Å²) in [5, 5.41) is 9.17. The number of halogens is 2. The molecule has 28 heavy (non-hydrogen) atoms. The molecule has 5 nitrogen and oxygen atoms in total. The van der Waals surface area contributed by atoms with Gasteiger partial charge in [0.25, 0.3) is 0 Å². The van der Waals surface area contributed by atoms with Gasteiger partial charge in [-0.2, -0.15) is 0 Å². The van der Waals surface area contributed by atoms with E-state index in [4.69, 9.17) is 16.6 Å². The minimum Gasteiger partial charge on any atom is -0.314 e. The Morgan fingerprint density at radius 1 is 1.25 bits per heavy atom. The number of fused-ring (bicyclic) bond motifs is 1. The lowest BCUT2D eigenvalue weighted by Gasteiger charge is -2.39. The summed E-state index contributed by atoms with van der Waals surface area (Å²) in [4.78, 5) is 6.88. The van der Waals surface area contributed by atoms with Crippen LogP contribution in [-0.2, 0) is 0 Å². The zero-order chi connectivity index (χ0) is 20.4. The number of rotatable bonds is 4. The molecule has 1 aromatic carbocycles. The molecule has 1 aliphatic rings. The molecule has 0 amide bonds. The zero-order valence-corrected chi connectivity index (χ0v) is 17.6. The average molecular weight is 402 g/mol. The van der Waals surface area contributed by atoms with E-state index in [1.165, 1.54) is 12.1 Å². The maximum absolute atomic E-state index is 13.6. The van der Waals surface area contributed by atoms with Crippen LogP contribution < -0.4 is 4.90 Å². The highest BCUT2D eigenvalue weighted by Gasteiger charge is 2.37. The lowest BCUT2D eigenvalue weighted by atomic mass is 10.1. The highest BCUT2D eigenvalue weighted by molar-refractivity contribution is 6.33. The molecule has 2 aromatic rings. The van der Waals surface area contributed by atoms with Gasteiger partial charge in [-0.3, -0.25) is 4.57 Å². The second-order valence-corrected chi connectivity index (χ2v) is 7.10. The molecule has 0 saturated carbocycles. The van der Waals surface area contributed by atoms with Crippen molar-refractivity contribution in [1.82, 2.24) is 14.8 Å². The molecule has 0 radical (unpaired) electrons. The molecule has 3 rings (SSSR count). The van der Waals surface area contributed by atoms with Gasteiger partial charge in [0, 0.05) is 5.69 Å². The lowest BCUT2D eigenvalue weighted by molar-refractivity contribution is 0.609. The maximum Gasteiger partial charge on any atom is 0.160 e. The summed E-state index contributed by atoms with van der Waals surface area (Å²) in [5.74, 6) is 2.05. The smallest absolute Gasteiger partial charge is 0.160 e. The lowest BCUT2D eigenvalue weighted by Crippen LogP contribution is -2.42. The Hall–Kier alpha value is -2.47. The highest BCUT2D eigenvalue weighted by atomic mass is 35.5. The predicted octanol–water partition coefficient (Wildman–Crippen LogP) is 5.84. The van der Waals surface area contributed by atoms with E-state index in [0.717, 1.165) is 41.4 Å². The Balaban J connectivity index is 2.31. The van der Waals surface area contributed by atoms with Gasteiger partial charge >= 0.3 is 0 Å². The molecule has 1 atom stereocenters. The third-order valence-electron chi connectivity index (χ3n) is 5.01. The van der Waals surface area contributed by atoms with E-state index in [-0.39, 0.29) is 11.9 Å². The van der Waals surface area contributed by atoms with E-state index in [0.29, 0.717) is 11.0 Å². The minimum absolute atomic E-state index is 0.0967. The molecule has 0 fully saturated rings. The van der Waals surface area contributed by atoms with Gasteiger partial charge < -0.3 is 4.90 Å². The van der Waals surface area contributed by atoms with E-state index in [2.05, 4.69) is 22.0 Å². The van der Waals surface area contributed by atoms with Crippen LogP contribution in [0.4, 0.5) is 10.1 Å². The van der Waals surface area contributed by atoms with Gasteiger partial charge in [0.15, 0.2) is 11.7 Å². The van der Waals surface area contributed by atoms with Crippen molar-refractivity contribution in [2.24, 2.45) is 4.99 Å². The van der Waals surface area contributed by atoms with Crippen LogP contribution in [0.3, 0.4) is 0 Å². The molecule has 0 bridgehead atoms. The number of nitrogens with zero attached hydrogens (tertiary/aromatic N) is 5. The molecular formula is C21H25ClFN5. The van der Waals surface area contributed by atoms with Crippen molar-refractivity contribution < 1.29 is 4.39 Å². The Bertz CT molecular complexity index is 956. The predicted molar refractivity (Wildman–Crippen MR) is 113 cm³/mol. The number of allylic oxidation sites excluding steroid dienone is 2. The Morgan fingerprint density at radius 3 is 2.50 bits per heavy atom. The Morgan fingerprint density at radius 2 is 1.93 bits per heavy atom. The number of hydrogen-bond donors (Lipinski definition) is 0. The number of aryl methyl sites for hydroxylation is 1. The Labute approximate surface area is 170 Å². The molecule has 7 heteroatoms. The van der Waals surface area contributed by atoms with E-state index >= 15 is 0 Å². The van der Waals surface area contributed by atoms with Crippen LogP contribution in [0.25, 0.3) is 5.70 Å². The SMILES string of the molecule is CC=C1C(=NC(Cl)=C(C)CC)N(c2ccc(F)cc2)C(CC)c2nnc(C)n21. The zero-order valence-electron chi connectivity index (χ0n) is 16.9. The van der Waals surface area contributed by atoms with Crippen molar-refractivity contribution in [1.29, 1.82) is 0 Å². The summed E-state index contributed by atoms with van der Waals surface area (Å²) in [6.07, 6.45) is 3.57. The summed E-state index contributed by atoms with van der Waals surface area (Å²) < 4.78 is 15.6. The first-order valence-electron chi connectivity index (χ1n) is 9.50. The van der Waals surface area contributed by atoms with Crippen molar-refractivity contribution in [2.45, 2.75) is 53.5 Å². The van der Waals surface area contributed by atoms with Crippen LogP contribution in [0.2, 0.25) is 0 Å². The normalized spacial score (nSPS) is 20.5. The standard InChI is InChI=1S/C21H25ClFN5/c1-6-13(4)19(22)24-20-17(7-2)27-14(5)25-26-21(27)18(8-3)28(20)16-11-9-15(23)10-12-16/h7,9-12,18H,6,8H2,1-5H3. The van der Waals surface area contributed by atoms with Gasteiger partial charge in [0.05, 0.1) is 11.7 Å². The first-order chi connectivity index (χ1) is 13.4. The quantitative estimate of drug-likeness (QED) is 0.605. The van der Waals surface area contributed by atoms with Crippen LogP contribution in [0, 0.1) is 12.7 Å². The number of amidine groups is 1. The van der Waals surface area contributed by atoms with Gasteiger partial charge in [-0.1, -0.05) is 31.5 Å². The molecule has 0 aliphatic carbocycles. The van der Waals surface area contributed by atoms with E-state index in [1.54, 1.807) is 12.1 Å². The molecule has 0 N–H and O–H groups in total. The van der Waals surface area contributed by atoms with E-state index in [1.807, 2.05) is 38.3 Å². The van der Waals surface area contributed by atoms with Crippen LogP contribution in [0.5, 0.6) is 0 Å². The molecule has 1 unspecified atom stereocenters. The molecule has 2 heterocycles. The summed E-state index contributed by atoms with van der Waals surface area (Å²) in [7, 11) is 0. The van der Waals surface area contributed by atoms with Gasteiger partial charge in [0.2, 0.25) is 0 Å². The number of aromatic nitrogens is 3. The molecule has 148 valence electrons. The first kappa shape index (κ1) is 20.3. The fraction of sp³-hybridized carbons (Fsp3) is 0.381. The maximum atomic E-state index is 13.6. The molecule has 1 aromatic heterocycles. The summed E-state index contributed by atoms with van der Waals surface area (Å²) in [6.45, 7) is 9.98. The molecular weight excluding hydrogens is 377 g/mol. The van der Waals surface area contributed by atoms with E-state index < -0.39 is 0 Å². The number of anilines is 1. The average Bonchev–Trinajstić information content (AvgIpc) is 3.08. The topological polar surface area (TPSA) is 46.3 Å².